The van der Waals surface area contributed by atoms with Crippen LogP contribution in [0.25, 0.3) is 0 Å². The molecule has 1 atom stereocenters. The van der Waals surface area contributed by atoms with Crippen molar-refractivity contribution in [2.75, 3.05) is 13.6 Å². The Morgan fingerprint density at radius 3 is 2.69 bits per heavy atom. The first kappa shape index (κ1) is 13.6. The number of hydrogen-bond acceptors (Lipinski definition) is 2. The molecule has 0 saturated carbocycles. The summed E-state index contributed by atoms with van der Waals surface area (Å²) >= 11 is 3.24. The number of hydrogen-bond donors (Lipinski definition) is 2. The Morgan fingerprint density at radius 2 is 2.12 bits per heavy atom. The Bertz CT molecular complexity index is 335. The topological polar surface area (TPSA) is 32.3 Å². The second-order valence-electron chi connectivity index (χ2n) is 4.30. The zero-order chi connectivity index (χ0) is 12.2. The predicted molar refractivity (Wildman–Crippen MR) is 67.0 cm³/mol. The third-order valence-electron chi connectivity index (χ3n) is 2.42. The summed E-state index contributed by atoms with van der Waals surface area (Å²) in [4.78, 5) is 0. The van der Waals surface area contributed by atoms with Crippen molar-refractivity contribution in [2.45, 2.75) is 25.4 Å². The van der Waals surface area contributed by atoms with Gasteiger partial charge in [-0.15, -0.1) is 0 Å². The maximum atomic E-state index is 13.1. The molecule has 0 aromatic heterocycles. The van der Waals surface area contributed by atoms with Gasteiger partial charge >= 0.3 is 0 Å². The molecule has 0 heterocycles. The van der Waals surface area contributed by atoms with Crippen LogP contribution in [0, 0.1) is 5.82 Å². The maximum absolute atomic E-state index is 13.1. The van der Waals surface area contributed by atoms with E-state index in [9.17, 15) is 9.50 Å². The fourth-order valence-electron chi connectivity index (χ4n) is 1.64. The van der Waals surface area contributed by atoms with Gasteiger partial charge in [0.05, 0.1) is 5.60 Å². The van der Waals surface area contributed by atoms with Gasteiger partial charge in [-0.2, -0.15) is 0 Å². The summed E-state index contributed by atoms with van der Waals surface area (Å²) in [6.45, 7) is 2.51. The number of benzene rings is 1. The molecule has 2 nitrogen and oxygen atoms in total. The molecule has 0 aliphatic heterocycles. The Hall–Kier alpha value is -0.450. The van der Waals surface area contributed by atoms with E-state index in [1.807, 2.05) is 13.1 Å². The molecule has 2 N–H and O–H groups in total. The first-order valence-corrected chi connectivity index (χ1v) is 6.04. The minimum absolute atomic E-state index is 0.284. The highest BCUT2D eigenvalue weighted by molar-refractivity contribution is 9.10. The molecule has 0 spiro atoms. The van der Waals surface area contributed by atoms with Crippen molar-refractivity contribution >= 4 is 15.9 Å². The Morgan fingerprint density at radius 1 is 1.44 bits per heavy atom. The summed E-state index contributed by atoms with van der Waals surface area (Å²) in [7, 11) is 1.84. The molecular formula is C12H17BrFNO. The fraction of sp³-hybridized carbons (Fsp3) is 0.500. The van der Waals surface area contributed by atoms with Crippen molar-refractivity contribution in [1.82, 2.24) is 5.32 Å². The van der Waals surface area contributed by atoms with Crippen molar-refractivity contribution in [3.63, 3.8) is 0 Å². The second kappa shape index (κ2) is 5.75. The molecule has 4 heteroatoms. The SMILES string of the molecule is CNCCC(C)(O)Cc1cc(F)cc(Br)c1. The van der Waals surface area contributed by atoms with Gasteiger partial charge in [0, 0.05) is 10.9 Å². The molecule has 1 aromatic rings. The maximum Gasteiger partial charge on any atom is 0.124 e. The Labute approximate surface area is 104 Å². The number of aliphatic hydroxyl groups is 1. The van der Waals surface area contributed by atoms with Gasteiger partial charge in [-0.25, -0.2) is 4.39 Å². The normalized spacial score (nSPS) is 14.8. The smallest absolute Gasteiger partial charge is 0.124 e. The molecule has 0 aliphatic carbocycles. The molecular weight excluding hydrogens is 273 g/mol. The van der Waals surface area contributed by atoms with Crippen LogP contribution < -0.4 is 5.32 Å². The highest BCUT2D eigenvalue weighted by Gasteiger charge is 2.20. The lowest BCUT2D eigenvalue weighted by Gasteiger charge is -2.23. The Kier molecular flexibility index (Phi) is 4.89. The number of halogens is 2. The zero-order valence-electron chi connectivity index (χ0n) is 9.56. The van der Waals surface area contributed by atoms with Gasteiger partial charge in [0.25, 0.3) is 0 Å². The van der Waals surface area contributed by atoms with Crippen LogP contribution in [0.2, 0.25) is 0 Å². The van der Waals surface area contributed by atoms with E-state index in [1.54, 1.807) is 6.92 Å². The molecule has 1 unspecified atom stereocenters. The fourth-order valence-corrected chi connectivity index (χ4v) is 2.15. The quantitative estimate of drug-likeness (QED) is 0.873. The summed E-state index contributed by atoms with van der Waals surface area (Å²) in [5.74, 6) is -0.284. The molecule has 1 aromatic carbocycles. The first-order valence-electron chi connectivity index (χ1n) is 5.25. The minimum atomic E-state index is -0.809. The van der Waals surface area contributed by atoms with Crippen LogP contribution >= 0.6 is 15.9 Å². The average molecular weight is 290 g/mol. The number of rotatable bonds is 5. The Balaban J connectivity index is 2.71. The third kappa shape index (κ3) is 4.60. The lowest BCUT2D eigenvalue weighted by Crippen LogP contribution is -2.31. The van der Waals surface area contributed by atoms with Crippen molar-refractivity contribution < 1.29 is 9.50 Å². The van der Waals surface area contributed by atoms with Crippen LogP contribution in [0.5, 0.6) is 0 Å². The van der Waals surface area contributed by atoms with Gasteiger partial charge < -0.3 is 10.4 Å². The monoisotopic (exact) mass is 289 g/mol. The molecule has 16 heavy (non-hydrogen) atoms. The van der Waals surface area contributed by atoms with Crippen LogP contribution in [0.4, 0.5) is 4.39 Å². The predicted octanol–water partition coefficient (Wildman–Crippen LogP) is 2.49. The summed E-state index contributed by atoms with van der Waals surface area (Å²) < 4.78 is 13.8. The van der Waals surface area contributed by atoms with E-state index in [-0.39, 0.29) is 5.82 Å². The van der Waals surface area contributed by atoms with Crippen LogP contribution in [0.1, 0.15) is 18.9 Å². The van der Waals surface area contributed by atoms with Crippen molar-refractivity contribution in [3.8, 4) is 0 Å². The van der Waals surface area contributed by atoms with Gasteiger partial charge in [-0.3, -0.25) is 0 Å². The summed E-state index contributed by atoms with van der Waals surface area (Å²) in [6.07, 6.45) is 1.09. The largest absolute Gasteiger partial charge is 0.390 e. The van der Waals surface area contributed by atoms with Gasteiger partial charge in [0.15, 0.2) is 0 Å². The molecule has 90 valence electrons. The van der Waals surface area contributed by atoms with Crippen LogP contribution in [-0.2, 0) is 6.42 Å². The lowest BCUT2D eigenvalue weighted by molar-refractivity contribution is 0.0520. The van der Waals surface area contributed by atoms with Gasteiger partial charge in [-0.1, -0.05) is 15.9 Å². The van der Waals surface area contributed by atoms with E-state index in [4.69, 9.17) is 0 Å². The van der Waals surface area contributed by atoms with E-state index < -0.39 is 5.60 Å². The van der Waals surface area contributed by atoms with E-state index in [0.29, 0.717) is 17.3 Å². The molecule has 0 fully saturated rings. The average Bonchev–Trinajstić information content (AvgIpc) is 2.12. The molecule has 0 bridgehead atoms. The minimum Gasteiger partial charge on any atom is -0.390 e. The van der Waals surface area contributed by atoms with E-state index in [0.717, 1.165) is 12.1 Å². The van der Waals surface area contributed by atoms with Crippen LogP contribution in [0.3, 0.4) is 0 Å². The van der Waals surface area contributed by atoms with E-state index >= 15 is 0 Å². The standard InChI is InChI=1S/C12H17BrFNO/c1-12(16,3-4-15-2)8-9-5-10(13)7-11(14)6-9/h5-7,15-16H,3-4,8H2,1-2H3. The van der Waals surface area contributed by atoms with E-state index in [2.05, 4.69) is 21.2 Å². The molecule has 0 saturated heterocycles. The molecule has 0 amide bonds. The highest BCUT2D eigenvalue weighted by atomic mass is 79.9. The third-order valence-corrected chi connectivity index (χ3v) is 2.88. The molecule has 0 radical (unpaired) electrons. The highest BCUT2D eigenvalue weighted by Crippen LogP contribution is 2.21. The van der Waals surface area contributed by atoms with Gasteiger partial charge in [0.2, 0.25) is 0 Å². The summed E-state index contributed by atoms with van der Waals surface area (Å²) in [6, 6.07) is 4.70. The molecule has 0 aliphatic rings. The van der Waals surface area contributed by atoms with Crippen molar-refractivity contribution in [1.29, 1.82) is 0 Å². The first-order chi connectivity index (χ1) is 7.43. The molecule has 1 rings (SSSR count). The number of nitrogens with one attached hydrogen (secondary N) is 1. The lowest BCUT2D eigenvalue weighted by atomic mass is 9.93. The zero-order valence-corrected chi connectivity index (χ0v) is 11.1. The van der Waals surface area contributed by atoms with Crippen LogP contribution in [-0.4, -0.2) is 24.3 Å². The van der Waals surface area contributed by atoms with Gasteiger partial charge in [0.1, 0.15) is 5.82 Å². The second-order valence-corrected chi connectivity index (χ2v) is 5.22. The van der Waals surface area contributed by atoms with E-state index in [1.165, 1.54) is 12.1 Å². The summed E-state index contributed by atoms with van der Waals surface area (Å²) in [5, 5.41) is 13.1. The van der Waals surface area contributed by atoms with Crippen molar-refractivity contribution in [2.24, 2.45) is 0 Å². The van der Waals surface area contributed by atoms with Crippen molar-refractivity contribution in [3.05, 3.63) is 34.1 Å². The van der Waals surface area contributed by atoms with Gasteiger partial charge in [-0.05, 0) is 50.7 Å². The summed E-state index contributed by atoms with van der Waals surface area (Å²) in [5.41, 5.74) is -0.0102. The van der Waals surface area contributed by atoms with Crippen LogP contribution in [0.15, 0.2) is 22.7 Å².